The van der Waals surface area contributed by atoms with Gasteiger partial charge in [-0.1, -0.05) is 11.3 Å². The van der Waals surface area contributed by atoms with Gasteiger partial charge in [0.1, 0.15) is 0 Å². The van der Waals surface area contributed by atoms with Gasteiger partial charge in [-0.3, -0.25) is 9.36 Å². The Morgan fingerprint density at radius 3 is 2.40 bits per heavy atom. The maximum Gasteiger partial charge on any atom is 0.409 e. The molecule has 0 aromatic carbocycles. The molecule has 30 heavy (non-hydrogen) atoms. The molecule has 2 aromatic heterocycles. The van der Waals surface area contributed by atoms with E-state index in [1.165, 1.54) is 0 Å². The summed E-state index contributed by atoms with van der Waals surface area (Å²) in [5, 5.41) is 13.5. The number of nitrogens with one attached hydrogen (secondary N) is 1. The van der Waals surface area contributed by atoms with Crippen LogP contribution in [-0.4, -0.2) is 70.5 Å². The summed E-state index contributed by atoms with van der Waals surface area (Å²) < 4.78 is 7.00. The number of anilines is 1. The first-order chi connectivity index (χ1) is 14.6. The van der Waals surface area contributed by atoms with E-state index in [1.54, 1.807) is 16.2 Å². The Kier molecular flexibility index (Phi) is 6.51. The molecule has 2 aliphatic rings. The van der Waals surface area contributed by atoms with Crippen molar-refractivity contribution in [2.24, 2.45) is 5.92 Å². The first-order valence-corrected chi connectivity index (χ1v) is 11.4. The van der Waals surface area contributed by atoms with Crippen molar-refractivity contribution in [3.8, 4) is 5.13 Å². The van der Waals surface area contributed by atoms with Crippen LogP contribution in [0.15, 0.2) is 24.5 Å². The summed E-state index contributed by atoms with van der Waals surface area (Å²) in [6.45, 7) is 5.06. The van der Waals surface area contributed by atoms with Crippen molar-refractivity contribution in [3.05, 3.63) is 24.5 Å². The highest BCUT2D eigenvalue weighted by Crippen LogP contribution is 2.28. The number of hydrogen-bond donors (Lipinski definition) is 1. The molecule has 10 heteroatoms. The summed E-state index contributed by atoms with van der Waals surface area (Å²) >= 11 is 1.56. The van der Waals surface area contributed by atoms with Crippen molar-refractivity contribution in [3.63, 3.8) is 0 Å². The molecule has 0 aliphatic carbocycles. The lowest BCUT2D eigenvalue weighted by Crippen LogP contribution is -2.49. The van der Waals surface area contributed by atoms with Crippen molar-refractivity contribution < 1.29 is 14.3 Å². The third-order valence-electron chi connectivity index (χ3n) is 5.73. The van der Waals surface area contributed by atoms with Crippen LogP contribution >= 0.6 is 11.3 Å². The zero-order valence-electron chi connectivity index (χ0n) is 17.2. The molecular formula is C20H28N6O3S. The monoisotopic (exact) mass is 432 g/mol. The second-order valence-electron chi connectivity index (χ2n) is 7.69. The molecule has 0 spiro atoms. The van der Waals surface area contributed by atoms with E-state index in [2.05, 4.69) is 20.4 Å². The highest BCUT2D eigenvalue weighted by molar-refractivity contribution is 7.17. The van der Waals surface area contributed by atoms with Crippen LogP contribution in [0.1, 0.15) is 32.6 Å². The van der Waals surface area contributed by atoms with Gasteiger partial charge in [0.2, 0.25) is 16.2 Å². The summed E-state index contributed by atoms with van der Waals surface area (Å²) in [7, 11) is 0. The molecule has 4 heterocycles. The Bertz CT molecular complexity index is 839. The van der Waals surface area contributed by atoms with E-state index in [0.29, 0.717) is 19.7 Å². The summed E-state index contributed by atoms with van der Waals surface area (Å²) in [5.74, 6) is 0.163. The Balaban J connectivity index is 1.22. The van der Waals surface area contributed by atoms with Crippen LogP contribution in [0.4, 0.5) is 9.93 Å². The number of carbonyl (C=O) groups is 2. The van der Waals surface area contributed by atoms with Crippen molar-refractivity contribution in [1.29, 1.82) is 0 Å². The van der Waals surface area contributed by atoms with Crippen LogP contribution in [0.2, 0.25) is 0 Å². The smallest absolute Gasteiger partial charge is 0.409 e. The molecule has 4 rings (SSSR count). The van der Waals surface area contributed by atoms with Crippen LogP contribution in [0.25, 0.3) is 5.13 Å². The molecule has 0 unspecified atom stereocenters. The van der Waals surface area contributed by atoms with Crippen LogP contribution in [-0.2, 0) is 9.53 Å². The van der Waals surface area contributed by atoms with Crippen LogP contribution in [0, 0.1) is 5.92 Å². The number of rotatable bonds is 5. The van der Waals surface area contributed by atoms with Crippen LogP contribution in [0.5, 0.6) is 0 Å². The van der Waals surface area contributed by atoms with Gasteiger partial charge >= 0.3 is 6.09 Å². The molecule has 2 amide bonds. The standard InChI is InChI=1S/C20H28N6O3S/c1-2-29-20(28)26-13-7-16(8-14-26)21-17(27)15-5-11-25(12-6-15)19-23-22-18(30-19)24-9-3-4-10-24/h3-4,9-10,15-16H,2,5-8,11-14H2,1H3,(H,21,27). The molecule has 0 atom stereocenters. The molecule has 2 fully saturated rings. The average Bonchev–Trinajstić information content (AvgIpc) is 3.46. The lowest BCUT2D eigenvalue weighted by Gasteiger charge is -2.34. The zero-order chi connectivity index (χ0) is 20.9. The van der Waals surface area contributed by atoms with Crippen LogP contribution < -0.4 is 10.2 Å². The highest BCUT2D eigenvalue weighted by atomic mass is 32.1. The Morgan fingerprint density at radius 1 is 1.07 bits per heavy atom. The van der Waals surface area contributed by atoms with E-state index >= 15 is 0 Å². The van der Waals surface area contributed by atoms with Crippen molar-refractivity contribution in [2.45, 2.75) is 38.6 Å². The Labute approximate surface area is 180 Å². The van der Waals surface area contributed by atoms with Crippen molar-refractivity contribution in [1.82, 2.24) is 25.0 Å². The van der Waals surface area contributed by atoms with Gasteiger partial charge in [0.05, 0.1) is 6.61 Å². The van der Waals surface area contributed by atoms with Crippen molar-refractivity contribution >= 4 is 28.5 Å². The fourth-order valence-corrected chi connectivity index (χ4v) is 4.84. The van der Waals surface area contributed by atoms with Crippen LogP contribution in [0.3, 0.4) is 0 Å². The van der Waals surface area contributed by atoms with Gasteiger partial charge in [0, 0.05) is 50.5 Å². The normalized spacial score (nSPS) is 18.4. The fraction of sp³-hybridized carbons (Fsp3) is 0.600. The minimum absolute atomic E-state index is 0.0289. The second-order valence-corrected chi connectivity index (χ2v) is 8.62. The summed E-state index contributed by atoms with van der Waals surface area (Å²) in [6, 6.07) is 4.06. The van der Waals surface area contributed by atoms with Gasteiger partial charge in [-0.2, -0.15) is 0 Å². The number of amides is 2. The maximum atomic E-state index is 12.7. The van der Waals surface area contributed by atoms with E-state index in [0.717, 1.165) is 49.0 Å². The number of hydrogen-bond acceptors (Lipinski definition) is 7. The second kappa shape index (κ2) is 9.46. The first-order valence-electron chi connectivity index (χ1n) is 10.6. The number of carbonyl (C=O) groups excluding carboxylic acids is 2. The Hall–Kier alpha value is -2.62. The predicted octanol–water partition coefficient (Wildman–Crippen LogP) is 2.28. The molecular weight excluding hydrogens is 404 g/mol. The molecule has 1 N–H and O–H groups in total. The predicted molar refractivity (Wildman–Crippen MR) is 114 cm³/mol. The van der Waals surface area contributed by atoms with Gasteiger partial charge < -0.3 is 19.9 Å². The third kappa shape index (κ3) is 4.75. The van der Waals surface area contributed by atoms with Gasteiger partial charge in [0.25, 0.3) is 0 Å². The molecule has 2 aliphatic heterocycles. The summed E-state index contributed by atoms with van der Waals surface area (Å²) in [4.78, 5) is 28.4. The quantitative estimate of drug-likeness (QED) is 0.779. The summed E-state index contributed by atoms with van der Waals surface area (Å²) in [5.41, 5.74) is 0. The Morgan fingerprint density at radius 2 is 1.73 bits per heavy atom. The van der Waals surface area contributed by atoms with E-state index < -0.39 is 0 Å². The van der Waals surface area contributed by atoms with E-state index in [9.17, 15) is 9.59 Å². The van der Waals surface area contributed by atoms with Gasteiger partial charge in [-0.05, 0) is 44.7 Å². The molecule has 2 aromatic rings. The van der Waals surface area contributed by atoms with Gasteiger partial charge in [-0.15, -0.1) is 10.2 Å². The first kappa shape index (κ1) is 20.6. The van der Waals surface area contributed by atoms with E-state index in [-0.39, 0.29) is 24.0 Å². The lowest BCUT2D eigenvalue weighted by molar-refractivity contribution is -0.126. The molecule has 162 valence electrons. The van der Waals surface area contributed by atoms with Gasteiger partial charge in [0.15, 0.2) is 0 Å². The van der Waals surface area contributed by atoms with Crippen molar-refractivity contribution in [2.75, 3.05) is 37.7 Å². The zero-order valence-corrected chi connectivity index (χ0v) is 18.0. The minimum atomic E-state index is -0.258. The molecule has 9 nitrogen and oxygen atoms in total. The lowest BCUT2D eigenvalue weighted by atomic mass is 9.95. The fourth-order valence-electron chi connectivity index (χ4n) is 3.98. The highest BCUT2D eigenvalue weighted by Gasteiger charge is 2.30. The van der Waals surface area contributed by atoms with Gasteiger partial charge in [-0.25, -0.2) is 4.79 Å². The number of aromatic nitrogens is 3. The molecule has 2 saturated heterocycles. The largest absolute Gasteiger partial charge is 0.450 e. The average molecular weight is 433 g/mol. The maximum absolute atomic E-state index is 12.7. The van der Waals surface area contributed by atoms with E-state index in [4.69, 9.17) is 4.74 Å². The summed E-state index contributed by atoms with van der Waals surface area (Å²) in [6.07, 6.45) is 6.83. The minimum Gasteiger partial charge on any atom is -0.450 e. The number of likely N-dealkylation sites (tertiary alicyclic amines) is 1. The topological polar surface area (TPSA) is 92.6 Å². The SMILES string of the molecule is CCOC(=O)N1CCC(NC(=O)C2CCN(c3nnc(-n4cccc4)s3)CC2)CC1. The molecule has 0 saturated carbocycles. The molecule has 0 bridgehead atoms. The number of piperidine rings is 2. The molecule has 0 radical (unpaired) electrons. The number of ether oxygens (including phenoxy) is 1. The van der Waals surface area contributed by atoms with E-state index in [1.807, 2.05) is 36.0 Å². The third-order valence-corrected chi connectivity index (χ3v) is 6.73. The number of nitrogens with zero attached hydrogens (tertiary/aromatic N) is 5.